The number of hydrogen-bond donors (Lipinski definition) is 0. The van der Waals surface area contributed by atoms with E-state index in [1.165, 1.54) is 26.4 Å². The third kappa shape index (κ3) is 10.9. The molecule has 0 heterocycles. The van der Waals surface area contributed by atoms with Crippen LogP contribution in [0, 0.1) is 0 Å². The van der Waals surface area contributed by atoms with Gasteiger partial charge in [-0.2, -0.15) is 0 Å². The van der Waals surface area contributed by atoms with Crippen LogP contribution in [0.2, 0.25) is 0 Å². The summed E-state index contributed by atoms with van der Waals surface area (Å²) in [6.45, 7) is 3.49. The normalized spacial score (nSPS) is 14.1. The van der Waals surface area contributed by atoms with Gasteiger partial charge in [0.05, 0.1) is 0 Å². The maximum absolute atomic E-state index is 12.5. The zero-order valence-electron chi connectivity index (χ0n) is 19.2. The van der Waals surface area contributed by atoms with Crippen molar-refractivity contribution in [2.24, 2.45) is 0 Å². The van der Waals surface area contributed by atoms with E-state index in [4.69, 9.17) is 12.9 Å². The van der Waals surface area contributed by atoms with Crippen molar-refractivity contribution in [1.29, 1.82) is 0 Å². The summed E-state index contributed by atoms with van der Waals surface area (Å²) in [7, 11) is -1.14. The molecule has 7 heteroatoms. The third-order valence-corrected chi connectivity index (χ3v) is 13.8. The second-order valence-electron chi connectivity index (χ2n) is 8.28. The van der Waals surface area contributed by atoms with Crippen molar-refractivity contribution < 1.29 is 21.3 Å². The summed E-state index contributed by atoms with van der Waals surface area (Å²) in [5.74, 6) is 0. The Morgan fingerprint density at radius 1 is 0.643 bits per heavy atom. The fourth-order valence-electron chi connectivity index (χ4n) is 4.09. The molecule has 0 rings (SSSR count). The molecule has 0 amide bonds. The van der Waals surface area contributed by atoms with Gasteiger partial charge in [0.25, 0.3) is 0 Å². The first kappa shape index (κ1) is 28.3. The summed E-state index contributed by atoms with van der Waals surface area (Å²) in [6, 6.07) is 0. The minimum absolute atomic E-state index is 0.415. The van der Waals surface area contributed by atoms with Gasteiger partial charge in [-0.15, -0.1) is 0 Å². The standard InChI is InChI=1S/C21H47O5PS/c1-6-9-12-15-18-27(21-24-4,19-16-13-10-7-2,20-17-14-11-8-3)26-28(22,23)25-5/h6-21H2,1-5H3. The van der Waals surface area contributed by atoms with Gasteiger partial charge in [-0.25, -0.2) is 0 Å². The van der Waals surface area contributed by atoms with E-state index in [1.54, 1.807) is 7.11 Å². The minimum atomic E-state index is -4.01. The molecular formula is C21H47O5PS. The van der Waals surface area contributed by atoms with Crippen LogP contribution < -0.4 is 0 Å². The summed E-state index contributed by atoms with van der Waals surface area (Å²) < 4.78 is 41.5. The van der Waals surface area contributed by atoms with Gasteiger partial charge in [-0.3, -0.25) is 0 Å². The molecule has 172 valence electrons. The Bertz CT molecular complexity index is 447. The number of hydrogen-bond acceptors (Lipinski definition) is 5. The fourth-order valence-corrected chi connectivity index (χ4v) is 12.3. The Morgan fingerprint density at radius 3 is 1.32 bits per heavy atom. The van der Waals surface area contributed by atoms with Crippen molar-refractivity contribution >= 4 is 17.2 Å². The van der Waals surface area contributed by atoms with Crippen LogP contribution in [-0.4, -0.2) is 47.5 Å². The first-order valence-corrected chi connectivity index (χ1v) is 15.6. The molecule has 0 aliphatic carbocycles. The van der Waals surface area contributed by atoms with E-state index in [-0.39, 0.29) is 0 Å². The summed E-state index contributed by atoms with van der Waals surface area (Å²) >= 11 is 0. The van der Waals surface area contributed by atoms with E-state index in [2.05, 4.69) is 20.8 Å². The molecule has 0 aliphatic heterocycles. The van der Waals surface area contributed by atoms with Gasteiger partial charge >= 0.3 is 175 Å². The fraction of sp³-hybridized carbons (Fsp3) is 1.00. The quantitative estimate of drug-likeness (QED) is 0.155. The van der Waals surface area contributed by atoms with Crippen molar-refractivity contribution in [3.63, 3.8) is 0 Å². The van der Waals surface area contributed by atoms with Gasteiger partial charge in [0.2, 0.25) is 0 Å². The summed E-state index contributed by atoms with van der Waals surface area (Å²) in [5, 5.41) is 0. The summed E-state index contributed by atoms with van der Waals surface area (Å²) in [5.41, 5.74) is 0. The first-order chi connectivity index (χ1) is 13.3. The van der Waals surface area contributed by atoms with E-state index >= 15 is 0 Å². The number of rotatable bonds is 20. The molecule has 0 saturated carbocycles. The first-order valence-electron chi connectivity index (χ1n) is 11.3. The molecular weight excluding hydrogens is 395 g/mol. The van der Waals surface area contributed by atoms with Crippen LogP contribution in [0.25, 0.3) is 0 Å². The van der Waals surface area contributed by atoms with E-state index in [1.807, 2.05) is 0 Å². The molecule has 0 aromatic carbocycles. The monoisotopic (exact) mass is 442 g/mol. The Labute approximate surface area is 175 Å². The van der Waals surface area contributed by atoms with Crippen LogP contribution in [0.3, 0.4) is 0 Å². The van der Waals surface area contributed by atoms with Gasteiger partial charge in [0.1, 0.15) is 0 Å². The number of unbranched alkanes of at least 4 members (excludes halogenated alkanes) is 9. The zero-order valence-corrected chi connectivity index (χ0v) is 20.9. The molecule has 0 aromatic heterocycles. The average molecular weight is 443 g/mol. The molecule has 5 nitrogen and oxygen atoms in total. The molecule has 0 spiro atoms. The Kier molecular flexibility index (Phi) is 15.3. The number of ether oxygens (including phenoxy) is 1. The molecule has 0 atom stereocenters. The van der Waals surface area contributed by atoms with Crippen LogP contribution in [0.4, 0.5) is 0 Å². The van der Waals surface area contributed by atoms with Gasteiger partial charge in [-0.1, -0.05) is 0 Å². The molecule has 0 radical (unpaired) electrons. The van der Waals surface area contributed by atoms with Crippen molar-refractivity contribution in [2.75, 3.05) is 39.1 Å². The van der Waals surface area contributed by atoms with E-state index in [9.17, 15) is 8.42 Å². The molecule has 0 unspecified atom stereocenters. The van der Waals surface area contributed by atoms with Crippen molar-refractivity contribution in [3.05, 3.63) is 0 Å². The van der Waals surface area contributed by atoms with Gasteiger partial charge < -0.3 is 0 Å². The van der Waals surface area contributed by atoms with Crippen LogP contribution in [-0.2, 0) is 23.3 Å². The predicted molar refractivity (Wildman–Crippen MR) is 123 cm³/mol. The molecule has 0 saturated heterocycles. The van der Waals surface area contributed by atoms with Crippen LogP contribution in [0.5, 0.6) is 0 Å². The molecule has 28 heavy (non-hydrogen) atoms. The molecule has 0 N–H and O–H groups in total. The van der Waals surface area contributed by atoms with Gasteiger partial charge in [0.15, 0.2) is 0 Å². The Balaban J connectivity index is 5.76. The van der Waals surface area contributed by atoms with Crippen LogP contribution in [0.1, 0.15) is 97.8 Å². The molecule has 0 bridgehead atoms. The maximum atomic E-state index is 12.5. The Morgan fingerprint density at radius 2 is 1.04 bits per heavy atom. The van der Waals surface area contributed by atoms with Crippen molar-refractivity contribution in [3.8, 4) is 0 Å². The van der Waals surface area contributed by atoms with E-state index in [0.29, 0.717) is 6.35 Å². The third-order valence-electron chi connectivity index (χ3n) is 5.69. The van der Waals surface area contributed by atoms with Crippen molar-refractivity contribution in [1.82, 2.24) is 0 Å². The van der Waals surface area contributed by atoms with Gasteiger partial charge in [0, 0.05) is 0 Å². The topological polar surface area (TPSA) is 61.8 Å². The van der Waals surface area contributed by atoms with Crippen molar-refractivity contribution in [2.45, 2.75) is 97.8 Å². The van der Waals surface area contributed by atoms with Gasteiger partial charge in [-0.05, 0) is 0 Å². The van der Waals surface area contributed by atoms with E-state index in [0.717, 1.165) is 76.3 Å². The molecule has 0 aromatic rings. The van der Waals surface area contributed by atoms with Crippen LogP contribution >= 0.6 is 6.83 Å². The second-order valence-corrected chi connectivity index (χ2v) is 15.3. The summed E-state index contributed by atoms with van der Waals surface area (Å²) in [4.78, 5) is 0. The second kappa shape index (κ2) is 15.1. The summed E-state index contributed by atoms with van der Waals surface area (Å²) in [6.07, 6.45) is 16.2. The zero-order chi connectivity index (χ0) is 21.4. The van der Waals surface area contributed by atoms with Crippen LogP contribution in [0.15, 0.2) is 0 Å². The predicted octanol–water partition coefficient (Wildman–Crippen LogP) is 6.71. The number of methoxy groups -OCH3 is 1. The molecule has 0 fully saturated rings. The van der Waals surface area contributed by atoms with E-state index < -0.39 is 17.2 Å². The Hall–Kier alpha value is 0.260. The average Bonchev–Trinajstić information content (AvgIpc) is 2.66. The SMILES string of the molecule is CCCCCCP(CCCCCC)(CCCCCC)(COC)OS(=O)(=O)OC. The molecule has 0 aliphatic rings.